The zero-order valence-electron chi connectivity index (χ0n) is 11.6. The van der Waals surface area contributed by atoms with Gasteiger partial charge in [-0.1, -0.05) is 12.8 Å². The van der Waals surface area contributed by atoms with Gasteiger partial charge in [0.25, 0.3) is 15.0 Å². The van der Waals surface area contributed by atoms with E-state index in [0.29, 0.717) is 5.92 Å². The molecule has 0 bridgehead atoms. The Kier molecular flexibility index (Phi) is 4.88. The van der Waals surface area contributed by atoms with Gasteiger partial charge in [0.15, 0.2) is 0 Å². The molecule has 1 aromatic carbocycles. The van der Waals surface area contributed by atoms with E-state index < -0.39 is 25.7 Å². The van der Waals surface area contributed by atoms with Gasteiger partial charge in [-0.3, -0.25) is 4.79 Å². The monoisotopic (exact) mass is 333 g/mol. The van der Waals surface area contributed by atoms with Crippen LogP contribution in [0.1, 0.15) is 43.0 Å². The normalized spacial score (nSPS) is 17.7. The number of benzene rings is 1. The second-order valence-electron chi connectivity index (χ2n) is 5.39. The molecule has 1 aliphatic rings. The Labute approximate surface area is 128 Å². The molecule has 1 unspecified atom stereocenters. The first kappa shape index (κ1) is 16.2. The Morgan fingerprint density at radius 1 is 1.38 bits per heavy atom. The molecule has 0 spiro atoms. The molecular weight excluding hydrogens is 317 g/mol. The van der Waals surface area contributed by atoms with Crippen LogP contribution in [0.15, 0.2) is 23.1 Å². The fourth-order valence-corrected chi connectivity index (χ4v) is 3.62. The zero-order valence-corrected chi connectivity index (χ0v) is 13.2. The van der Waals surface area contributed by atoms with Crippen molar-refractivity contribution in [2.24, 2.45) is 5.92 Å². The number of amides is 1. The van der Waals surface area contributed by atoms with Crippen LogP contribution in [0.25, 0.3) is 0 Å². The summed E-state index contributed by atoms with van der Waals surface area (Å²) >= 11 is 0. The number of hydrogen-bond donors (Lipinski definition) is 1. The molecule has 4 nitrogen and oxygen atoms in total. The summed E-state index contributed by atoms with van der Waals surface area (Å²) in [5.74, 6) is -0.952. The van der Waals surface area contributed by atoms with Gasteiger partial charge in [-0.2, -0.15) is 0 Å². The van der Waals surface area contributed by atoms with Crippen LogP contribution in [0.4, 0.5) is 4.39 Å². The van der Waals surface area contributed by atoms with E-state index in [1.54, 1.807) is 0 Å². The second kappa shape index (κ2) is 6.32. The average Bonchev–Trinajstić information content (AvgIpc) is 2.91. The molecule has 1 amide bonds. The summed E-state index contributed by atoms with van der Waals surface area (Å²) < 4.78 is 35.9. The Bertz CT molecular complexity index is 642. The smallest absolute Gasteiger partial charge is 0.264 e. The number of carbonyl (C=O) groups excluding carboxylic acids is 1. The Hall–Kier alpha value is -1.14. The molecule has 21 heavy (non-hydrogen) atoms. The number of halogens is 2. The van der Waals surface area contributed by atoms with Gasteiger partial charge in [-0.25, -0.2) is 12.8 Å². The summed E-state index contributed by atoms with van der Waals surface area (Å²) in [6.07, 6.45) is 4.48. The molecule has 1 saturated carbocycles. The van der Waals surface area contributed by atoms with Crippen molar-refractivity contribution in [3.05, 3.63) is 29.6 Å². The van der Waals surface area contributed by atoms with E-state index in [4.69, 9.17) is 10.7 Å². The standard InChI is InChI=1S/C14H17ClFNO3S/c1-9(10-4-2-3-5-10)17-14(18)11-6-7-12(16)13(8-11)21(15,19)20/h6-10H,2-5H2,1H3,(H,17,18). The first-order valence-electron chi connectivity index (χ1n) is 6.84. The van der Waals surface area contributed by atoms with Crippen molar-refractivity contribution in [2.45, 2.75) is 43.5 Å². The highest BCUT2D eigenvalue weighted by Gasteiger charge is 2.24. The van der Waals surface area contributed by atoms with Crippen molar-refractivity contribution in [3.63, 3.8) is 0 Å². The highest BCUT2D eigenvalue weighted by Crippen LogP contribution is 2.28. The van der Waals surface area contributed by atoms with Crippen molar-refractivity contribution in [1.82, 2.24) is 5.32 Å². The van der Waals surface area contributed by atoms with E-state index in [1.165, 1.54) is 6.07 Å². The first-order chi connectivity index (χ1) is 9.79. The van der Waals surface area contributed by atoms with Gasteiger partial charge in [0.2, 0.25) is 0 Å². The minimum absolute atomic E-state index is 0.00103. The lowest BCUT2D eigenvalue weighted by Gasteiger charge is -2.20. The molecule has 116 valence electrons. The average molecular weight is 334 g/mol. The molecule has 7 heteroatoms. The van der Waals surface area contributed by atoms with E-state index in [9.17, 15) is 17.6 Å². The van der Waals surface area contributed by atoms with Crippen LogP contribution >= 0.6 is 10.7 Å². The third kappa shape index (κ3) is 3.95. The van der Waals surface area contributed by atoms with Gasteiger partial charge in [0.1, 0.15) is 10.7 Å². The number of carbonyl (C=O) groups is 1. The van der Waals surface area contributed by atoms with Crippen LogP contribution < -0.4 is 5.32 Å². The van der Waals surface area contributed by atoms with Gasteiger partial charge >= 0.3 is 0 Å². The van der Waals surface area contributed by atoms with Gasteiger partial charge in [0, 0.05) is 22.3 Å². The van der Waals surface area contributed by atoms with E-state index in [1.807, 2.05) is 6.92 Å². The number of rotatable bonds is 4. The summed E-state index contributed by atoms with van der Waals surface area (Å²) in [5.41, 5.74) is 0.0838. The fraction of sp³-hybridized carbons (Fsp3) is 0.500. The number of hydrogen-bond acceptors (Lipinski definition) is 3. The molecule has 0 radical (unpaired) electrons. The summed E-state index contributed by atoms with van der Waals surface area (Å²) in [4.78, 5) is 11.5. The minimum atomic E-state index is -4.22. The lowest BCUT2D eigenvalue weighted by Crippen LogP contribution is -2.37. The summed E-state index contributed by atoms with van der Waals surface area (Å²) in [7, 11) is 0.934. The highest BCUT2D eigenvalue weighted by molar-refractivity contribution is 8.13. The molecule has 1 N–H and O–H groups in total. The molecule has 1 fully saturated rings. The molecule has 0 saturated heterocycles. The van der Waals surface area contributed by atoms with Crippen LogP contribution in [0.3, 0.4) is 0 Å². The second-order valence-corrected chi connectivity index (χ2v) is 7.92. The highest BCUT2D eigenvalue weighted by atomic mass is 35.7. The van der Waals surface area contributed by atoms with Crippen LogP contribution in [0.2, 0.25) is 0 Å². The van der Waals surface area contributed by atoms with Gasteiger partial charge < -0.3 is 5.32 Å². The Morgan fingerprint density at radius 3 is 2.57 bits per heavy atom. The Morgan fingerprint density at radius 2 is 2.00 bits per heavy atom. The summed E-state index contributed by atoms with van der Waals surface area (Å²) in [6, 6.07) is 3.15. The lowest BCUT2D eigenvalue weighted by atomic mass is 9.99. The minimum Gasteiger partial charge on any atom is -0.349 e. The Balaban J connectivity index is 2.16. The van der Waals surface area contributed by atoms with Gasteiger partial charge in [0.05, 0.1) is 0 Å². The van der Waals surface area contributed by atoms with E-state index in [2.05, 4.69) is 5.32 Å². The maximum absolute atomic E-state index is 13.4. The topological polar surface area (TPSA) is 63.2 Å². The molecule has 1 aromatic rings. The maximum atomic E-state index is 13.4. The third-order valence-corrected chi connectivity index (χ3v) is 5.26. The van der Waals surface area contributed by atoms with Crippen molar-refractivity contribution in [1.29, 1.82) is 0 Å². The van der Waals surface area contributed by atoms with E-state index in [-0.39, 0.29) is 11.6 Å². The fourth-order valence-electron chi connectivity index (χ4n) is 2.70. The quantitative estimate of drug-likeness (QED) is 0.861. The van der Waals surface area contributed by atoms with Crippen molar-refractivity contribution in [3.8, 4) is 0 Å². The van der Waals surface area contributed by atoms with Crippen LogP contribution in [0, 0.1) is 11.7 Å². The molecule has 0 heterocycles. The van der Waals surface area contributed by atoms with Crippen LogP contribution in [-0.4, -0.2) is 20.4 Å². The predicted molar refractivity (Wildman–Crippen MR) is 78.3 cm³/mol. The van der Waals surface area contributed by atoms with Gasteiger partial charge in [-0.05, 0) is 43.9 Å². The zero-order chi connectivity index (χ0) is 15.6. The maximum Gasteiger partial charge on any atom is 0.264 e. The van der Waals surface area contributed by atoms with Gasteiger partial charge in [-0.15, -0.1) is 0 Å². The van der Waals surface area contributed by atoms with Crippen molar-refractivity contribution >= 4 is 25.6 Å². The molecule has 0 aromatic heterocycles. The summed E-state index contributed by atoms with van der Waals surface area (Å²) in [6.45, 7) is 1.93. The third-order valence-electron chi connectivity index (χ3n) is 3.92. The van der Waals surface area contributed by atoms with Crippen LogP contribution in [0.5, 0.6) is 0 Å². The van der Waals surface area contributed by atoms with E-state index in [0.717, 1.165) is 37.8 Å². The predicted octanol–water partition coefficient (Wildman–Crippen LogP) is 3.06. The first-order valence-corrected chi connectivity index (χ1v) is 9.15. The molecule has 2 rings (SSSR count). The molecule has 1 atom stereocenters. The number of nitrogens with one attached hydrogen (secondary N) is 1. The van der Waals surface area contributed by atoms with Crippen LogP contribution in [-0.2, 0) is 9.05 Å². The molecule has 1 aliphatic carbocycles. The summed E-state index contributed by atoms with van der Waals surface area (Å²) in [5, 5.41) is 2.84. The molecular formula is C14H17ClFNO3S. The van der Waals surface area contributed by atoms with Crippen molar-refractivity contribution < 1.29 is 17.6 Å². The van der Waals surface area contributed by atoms with Crippen molar-refractivity contribution in [2.75, 3.05) is 0 Å². The molecule has 0 aliphatic heterocycles. The SMILES string of the molecule is CC(NC(=O)c1ccc(F)c(S(=O)(=O)Cl)c1)C1CCCC1. The largest absolute Gasteiger partial charge is 0.349 e. The van der Waals surface area contributed by atoms with E-state index >= 15 is 0 Å². The lowest BCUT2D eigenvalue weighted by molar-refractivity contribution is 0.0927.